The van der Waals surface area contributed by atoms with Crippen LogP contribution in [-0.4, -0.2) is 45.1 Å². The molecule has 1 spiro atoms. The summed E-state index contributed by atoms with van der Waals surface area (Å²) in [5, 5.41) is 2.89. The van der Waals surface area contributed by atoms with Crippen molar-refractivity contribution in [2.75, 3.05) is 13.2 Å². The van der Waals surface area contributed by atoms with E-state index in [0.29, 0.717) is 24.8 Å². The van der Waals surface area contributed by atoms with E-state index in [1.807, 2.05) is 0 Å². The molecule has 3 N–H and O–H groups in total. The zero-order chi connectivity index (χ0) is 15.0. The molecule has 8 nitrogen and oxygen atoms in total. The van der Waals surface area contributed by atoms with Gasteiger partial charge in [0.05, 0.1) is 13.2 Å². The minimum absolute atomic E-state index is 0.0147. The smallest absolute Gasteiger partial charge is 0.339 e. The molecule has 1 aromatic heterocycles. The van der Waals surface area contributed by atoms with Gasteiger partial charge in [-0.3, -0.25) is 19.4 Å². The molecule has 0 amide bonds. The molecular weight excluding hydrogens is 296 g/mol. The largest absolute Gasteiger partial charge is 0.347 e. The maximum atomic E-state index is 11.4. The number of aryl methyl sites for hydroxylation is 1. The Kier molecular flexibility index (Phi) is 3.91. The van der Waals surface area contributed by atoms with E-state index in [-0.39, 0.29) is 11.3 Å². The van der Waals surface area contributed by atoms with Crippen LogP contribution in [0, 0.1) is 0 Å². The normalized spacial score (nSPS) is 28.1. The van der Waals surface area contributed by atoms with Crippen LogP contribution in [0.25, 0.3) is 0 Å². The number of ether oxygens (including phenoxy) is 2. The second-order valence-electron chi connectivity index (χ2n) is 5.37. The number of hydrogen-bond donors (Lipinski definition) is 2. The first kappa shape index (κ1) is 14.8. The zero-order valence-electron chi connectivity index (χ0n) is 11.7. The summed E-state index contributed by atoms with van der Waals surface area (Å²) in [5.74, 6) is -0.547. The Morgan fingerprint density at radius 3 is 2.86 bits per heavy atom. The number of rotatable bonds is 2. The highest BCUT2D eigenvalue weighted by Crippen LogP contribution is 2.41. The minimum atomic E-state index is -0.789. The van der Waals surface area contributed by atoms with Crippen molar-refractivity contribution < 1.29 is 9.47 Å². The summed E-state index contributed by atoms with van der Waals surface area (Å²) in [6.45, 7) is 1.20. The summed E-state index contributed by atoms with van der Waals surface area (Å²) in [4.78, 5) is 26.4. The maximum absolute atomic E-state index is 11.4. The molecule has 9 heteroatoms. The van der Waals surface area contributed by atoms with Crippen molar-refractivity contribution in [3.8, 4) is 0 Å². The maximum Gasteiger partial charge on any atom is 0.339 e. The fraction of sp³-hybridized carbons (Fsp3) is 0.750. The first-order valence-electron chi connectivity index (χ1n) is 6.87. The molecular formula is C12H18N4O4S. The molecule has 1 saturated carbocycles. The standard InChI is InChI=1S/C12H18N4O4S/c1-16-11(14-9(17)10(18)15-16)21-8-6-12(3-2-7(8)13)19-4-5-20-12/h7-8H,2-6,13H2,1H3,(H,15,18). The van der Waals surface area contributed by atoms with Crippen LogP contribution in [0.5, 0.6) is 0 Å². The molecule has 0 bridgehead atoms. The van der Waals surface area contributed by atoms with Gasteiger partial charge in [0, 0.05) is 31.2 Å². The van der Waals surface area contributed by atoms with Crippen molar-refractivity contribution in [1.29, 1.82) is 0 Å². The quantitative estimate of drug-likeness (QED) is 0.686. The van der Waals surface area contributed by atoms with Crippen LogP contribution in [0.1, 0.15) is 19.3 Å². The van der Waals surface area contributed by atoms with Crippen molar-refractivity contribution in [3.05, 3.63) is 20.7 Å². The second-order valence-corrected chi connectivity index (χ2v) is 6.58. The van der Waals surface area contributed by atoms with Gasteiger partial charge < -0.3 is 15.2 Å². The Labute approximate surface area is 125 Å². The summed E-state index contributed by atoms with van der Waals surface area (Å²) >= 11 is 1.38. The van der Waals surface area contributed by atoms with E-state index in [1.165, 1.54) is 16.4 Å². The second kappa shape index (κ2) is 5.56. The molecule has 1 aromatic rings. The van der Waals surface area contributed by atoms with Gasteiger partial charge in [0.2, 0.25) is 0 Å². The third-order valence-corrected chi connectivity index (χ3v) is 5.26. The summed E-state index contributed by atoms with van der Waals surface area (Å²) in [7, 11) is 1.64. The summed E-state index contributed by atoms with van der Waals surface area (Å²) < 4.78 is 12.9. The Balaban J connectivity index is 1.81. The fourth-order valence-electron chi connectivity index (χ4n) is 2.72. The van der Waals surface area contributed by atoms with Crippen molar-refractivity contribution in [3.63, 3.8) is 0 Å². The predicted octanol–water partition coefficient (Wildman–Crippen LogP) is -0.816. The monoisotopic (exact) mass is 314 g/mol. The summed E-state index contributed by atoms with van der Waals surface area (Å²) in [5.41, 5.74) is 4.66. The molecule has 0 radical (unpaired) electrons. The lowest BCUT2D eigenvalue weighted by Gasteiger charge is -2.39. The average molecular weight is 314 g/mol. The fourth-order valence-corrected chi connectivity index (χ4v) is 3.98. The van der Waals surface area contributed by atoms with E-state index in [9.17, 15) is 9.59 Å². The van der Waals surface area contributed by atoms with E-state index in [4.69, 9.17) is 15.2 Å². The first-order chi connectivity index (χ1) is 9.99. The SMILES string of the molecule is Cn1[nH]c(=O)c(=O)nc1SC1CC2(CCC1N)OCCO2. The van der Waals surface area contributed by atoms with Crippen LogP contribution >= 0.6 is 11.8 Å². The van der Waals surface area contributed by atoms with Gasteiger partial charge in [0.25, 0.3) is 0 Å². The van der Waals surface area contributed by atoms with Gasteiger partial charge in [-0.2, -0.15) is 4.98 Å². The third-order valence-electron chi connectivity index (χ3n) is 3.87. The van der Waals surface area contributed by atoms with Crippen LogP contribution in [0.15, 0.2) is 14.7 Å². The predicted molar refractivity (Wildman–Crippen MR) is 76.2 cm³/mol. The molecule has 1 saturated heterocycles. The van der Waals surface area contributed by atoms with Crippen LogP contribution in [0.2, 0.25) is 0 Å². The molecule has 21 heavy (non-hydrogen) atoms. The average Bonchev–Trinajstić information content (AvgIpc) is 2.89. The Bertz CT molecular complexity index is 637. The van der Waals surface area contributed by atoms with Crippen molar-refractivity contribution in [2.45, 2.75) is 41.5 Å². The lowest BCUT2D eigenvalue weighted by Crippen LogP contribution is -2.48. The molecule has 1 aliphatic heterocycles. The van der Waals surface area contributed by atoms with E-state index in [0.717, 1.165) is 12.8 Å². The lowest BCUT2D eigenvalue weighted by molar-refractivity contribution is -0.176. The number of nitrogens with two attached hydrogens (primary N) is 1. The minimum Gasteiger partial charge on any atom is -0.347 e. The molecule has 0 aromatic carbocycles. The van der Waals surface area contributed by atoms with Crippen LogP contribution in [-0.2, 0) is 16.5 Å². The van der Waals surface area contributed by atoms with Crippen molar-refractivity contribution in [2.24, 2.45) is 12.8 Å². The van der Waals surface area contributed by atoms with Gasteiger partial charge in [0.1, 0.15) is 0 Å². The number of H-pyrrole nitrogens is 1. The molecule has 2 atom stereocenters. The number of thioether (sulfide) groups is 1. The highest BCUT2D eigenvalue weighted by molar-refractivity contribution is 7.99. The van der Waals surface area contributed by atoms with Gasteiger partial charge in [-0.25, -0.2) is 0 Å². The molecule has 2 unspecified atom stereocenters. The molecule has 2 heterocycles. The van der Waals surface area contributed by atoms with Crippen molar-refractivity contribution >= 4 is 11.8 Å². The Morgan fingerprint density at radius 1 is 1.43 bits per heavy atom. The van der Waals surface area contributed by atoms with Gasteiger partial charge in [-0.1, -0.05) is 11.8 Å². The Hall–Kier alpha value is -1.16. The number of nitrogens with zero attached hydrogens (tertiary/aromatic N) is 2. The topological polar surface area (TPSA) is 112 Å². The summed E-state index contributed by atoms with van der Waals surface area (Å²) in [6, 6.07) is -0.0303. The van der Waals surface area contributed by atoms with Gasteiger partial charge in [-0.05, 0) is 6.42 Å². The molecule has 116 valence electrons. The highest BCUT2D eigenvalue weighted by atomic mass is 32.2. The molecule has 1 aliphatic carbocycles. The Morgan fingerprint density at radius 2 is 2.14 bits per heavy atom. The van der Waals surface area contributed by atoms with Crippen LogP contribution < -0.4 is 16.9 Å². The van der Waals surface area contributed by atoms with Gasteiger partial charge in [-0.15, -0.1) is 0 Å². The molecule has 2 aliphatic rings. The lowest BCUT2D eigenvalue weighted by atomic mass is 9.90. The zero-order valence-corrected chi connectivity index (χ0v) is 12.5. The van der Waals surface area contributed by atoms with E-state index in [1.54, 1.807) is 7.05 Å². The highest BCUT2D eigenvalue weighted by Gasteiger charge is 2.44. The number of hydrogen-bond acceptors (Lipinski definition) is 7. The number of aromatic nitrogens is 3. The van der Waals surface area contributed by atoms with E-state index in [2.05, 4.69) is 10.1 Å². The number of aromatic amines is 1. The molecule has 2 fully saturated rings. The van der Waals surface area contributed by atoms with Crippen molar-refractivity contribution in [1.82, 2.24) is 14.8 Å². The third kappa shape index (κ3) is 2.91. The van der Waals surface area contributed by atoms with E-state index < -0.39 is 16.9 Å². The summed E-state index contributed by atoms with van der Waals surface area (Å²) in [6.07, 6.45) is 2.21. The molecule has 3 rings (SSSR count). The van der Waals surface area contributed by atoms with Crippen LogP contribution in [0.4, 0.5) is 0 Å². The van der Waals surface area contributed by atoms with E-state index >= 15 is 0 Å². The van der Waals surface area contributed by atoms with Gasteiger partial charge in [0.15, 0.2) is 10.9 Å². The first-order valence-corrected chi connectivity index (χ1v) is 7.75. The number of nitrogens with one attached hydrogen (secondary N) is 1. The van der Waals surface area contributed by atoms with Gasteiger partial charge >= 0.3 is 11.1 Å². The van der Waals surface area contributed by atoms with Crippen LogP contribution in [0.3, 0.4) is 0 Å².